The van der Waals surface area contributed by atoms with Gasteiger partial charge < -0.3 is 5.32 Å². The van der Waals surface area contributed by atoms with Crippen LogP contribution < -0.4 is 10.9 Å². The fraction of sp³-hybridized carbons (Fsp3) is 0.300. The Morgan fingerprint density at radius 3 is 2.89 bits per heavy atom. The minimum absolute atomic E-state index is 0.00339. The Bertz CT molecular complexity index is 1060. The average molecular weight is 380 g/mol. The van der Waals surface area contributed by atoms with Gasteiger partial charge in [0, 0.05) is 12.7 Å². The Balaban J connectivity index is 1.88. The third-order valence-electron chi connectivity index (χ3n) is 4.61. The maximum absolute atomic E-state index is 13.2. The molecule has 138 valence electrons. The van der Waals surface area contributed by atoms with Crippen LogP contribution in [0.5, 0.6) is 0 Å². The summed E-state index contributed by atoms with van der Waals surface area (Å²) in [6.45, 7) is 2.66. The molecule has 0 bridgehead atoms. The number of nitrogens with one attached hydrogen (secondary N) is 1. The van der Waals surface area contributed by atoms with Crippen molar-refractivity contribution in [3.8, 4) is 5.82 Å². The highest BCUT2D eigenvalue weighted by Crippen LogP contribution is 2.28. The summed E-state index contributed by atoms with van der Waals surface area (Å²) in [5.41, 5.74) is 1.46. The highest BCUT2D eigenvalue weighted by Gasteiger charge is 2.25. The molecule has 0 spiro atoms. The van der Waals surface area contributed by atoms with Gasteiger partial charge in [-0.2, -0.15) is 0 Å². The van der Waals surface area contributed by atoms with E-state index in [4.69, 9.17) is 4.98 Å². The Kier molecular flexibility index (Phi) is 4.94. The number of amides is 1. The predicted octanol–water partition coefficient (Wildman–Crippen LogP) is 2.85. The van der Waals surface area contributed by atoms with E-state index in [0.29, 0.717) is 28.4 Å². The largest absolute Gasteiger partial charge is 0.355 e. The number of carbonyl (C=O) groups is 1. The minimum atomic E-state index is -0.267. The van der Waals surface area contributed by atoms with E-state index in [1.807, 2.05) is 37.3 Å². The molecule has 6 nitrogen and oxygen atoms in total. The first kappa shape index (κ1) is 17.7. The van der Waals surface area contributed by atoms with Crippen LogP contribution in [0.2, 0.25) is 0 Å². The van der Waals surface area contributed by atoms with Gasteiger partial charge in [-0.1, -0.05) is 30.3 Å². The number of carbonyl (C=O) groups excluding carboxylic acids is 1. The van der Waals surface area contributed by atoms with Gasteiger partial charge in [0.15, 0.2) is 5.16 Å². The first-order valence-corrected chi connectivity index (χ1v) is 9.90. The molecule has 0 saturated carbocycles. The molecule has 1 aliphatic rings. The summed E-state index contributed by atoms with van der Waals surface area (Å²) in [7, 11) is 0. The van der Waals surface area contributed by atoms with E-state index in [1.165, 1.54) is 16.3 Å². The average Bonchev–Trinajstić information content (AvgIpc) is 2.86. The number of thioether (sulfide) groups is 1. The second-order valence-corrected chi connectivity index (χ2v) is 7.81. The second-order valence-electron chi connectivity index (χ2n) is 6.64. The molecule has 1 amide bonds. The van der Waals surface area contributed by atoms with Crippen LogP contribution in [0.25, 0.3) is 16.7 Å². The first-order chi connectivity index (χ1) is 13.1. The number of nitrogens with zero attached hydrogens (tertiary/aromatic N) is 3. The van der Waals surface area contributed by atoms with Gasteiger partial charge in [0.2, 0.25) is 5.91 Å². The van der Waals surface area contributed by atoms with E-state index in [1.54, 1.807) is 12.3 Å². The zero-order chi connectivity index (χ0) is 18.8. The van der Waals surface area contributed by atoms with Crippen molar-refractivity contribution < 1.29 is 4.79 Å². The number of aromatic nitrogens is 3. The summed E-state index contributed by atoms with van der Waals surface area (Å²) in [6.07, 6.45) is 4.39. The quantitative estimate of drug-likeness (QED) is 0.707. The van der Waals surface area contributed by atoms with Crippen molar-refractivity contribution in [2.75, 3.05) is 6.54 Å². The normalized spacial score (nSPS) is 17.5. The molecular formula is C20H20N4O2S. The second kappa shape index (κ2) is 7.52. The van der Waals surface area contributed by atoms with Crippen LogP contribution in [0.4, 0.5) is 0 Å². The lowest BCUT2D eigenvalue weighted by Gasteiger charge is -2.16. The van der Waals surface area contributed by atoms with Crippen LogP contribution in [0.15, 0.2) is 52.5 Å². The van der Waals surface area contributed by atoms with Crippen LogP contribution in [-0.4, -0.2) is 32.2 Å². The number of benzene rings is 1. The summed E-state index contributed by atoms with van der Waals surface area (Å²) in [5, 5.41) is 3.71. The van der Waals surface area contributed by atoms with Crippen LogP contribution in [0, 0.1) is 6.92 Å². The summed E-state index contributed by atoms with van der Waals surface area (Å²) in [6, 6.07) is 11.0. The standard InChI is InChI=1S/C20H20N4O2S/c1-13-9-11-21-17(12-13)24-19(26)14-6-2-3-7-15(14)23-20(24)27-16-8-4-5-10-22-18(16)25/h2-3,6-7,9,11-12,16H,4-5,8,10H2,1H3,(H,22,25)/t16-/m1/s1. The lowest BCUT2D eigenvalue weighted by Crippen LogP contribution is -2.32. The molecule has 3 heterocycles. The molecule has 27 heavy (non-hydrogen) atoms. The van der Waals surface area contributed by atoms with Gasteiger partial charge in [0.05, 0.1) is 16.2 Å². The zero-order valence-corrected chi connectivity index (χ0v) is 15.8. The van der Waals surface area contributed by atoms with Gasteiger partial charge >= 0.3 is 0 Å². The molecule has 3 aromatic rings. The highest BCUT2D eigenvalue weighted by atomic mass is 32.2. The van der Waals surface area contributed by atoms with E-state index < -0.39 is 0 Å². The number of hydrogen-bond acceptors (Lipinski definition) is 5. The van der Waals surface area contributed by atoms with Gasteiger partial charge in [-0.25, -0.2) is 14.5 Å². The molecule has 1 saturated heterocycles. The van der Waals surface area contributed by atoms with E-state index in [9.17, 15) is 9.59 Å². The maximum atomic E-state index is 13.2. The fourth-order valence-electron chi connectivity index (χ4n) is 3.19. The van der Waals surface area contributed by atoms with Crippen molar-refractivity contribution in [1.29, 1.82) is 0 Å². The Labute approximate surface area is 161 Å². The molecule has 0 aliphatic carbocycles. The molecule has 1 fully saturated rings. The maximum Gasteiger partial charge on any atom is 0.267 e. The smallest absolute Gasteiger partial charge is 0.267 e. The molecule has 1 aromatic carbocycles. The van der Waals surface area contributed by atoms with Gasteiger partial charge in [-0.3, -0.25) is 9.59 Å². The molecular weight excluding hydrogens is 360 g/mol. The minimum Gasteiger partial charge on any atom is -0.355 e. The van der Waals surface area contributed by atoms with Gasteiger partial charge in [0.1, 0.15) is 5.82 Å². The monoisotopic (exact) mass is 380 g/mol. The number of hydrogen-bond donors (Lipinski definition) is 1. The predicted molar refractivity (Wildman–Crippen MR) is 106 cm³/mol. The number of rotatable bonds is 3. The molecule has 2 aromatic heterocycles. The highest BCUT2D eigenvalue weighted by molar-refractivity contribution is 8.00. The zero-order valence-electron chi connectivity index (χ0n) is 15.0. The number of pyridine rings is 1. The lowest BCUT2D eigenvalue weighted by atomic mass is 10.2. The fourth-order valence-corrected chi connectivity index (χ4v) is 4.35. The number of aryl methyl sites for hydroxylation is 1. The summed E-state index contributed by atoms with van der Waals surface area (Å²) in [4.78, 5) is 34.7. The summed E-state index contributed by atoms with van der Waals surface area (Å²) >= 11 is 1.34. The Hall–Kier alpha value is -2.67. The first-order valence-electron chi connectivity index (χ1n) is 9.03. The third-order valence-corrected chi connectivity index (χ3v) is 5.83. The van der Waals surface area contributed by atoms with Crippen molar-refractivity contribution in [1.82, 2.24) is 19.9 Å². The molecule has 0 unspecified atom stereocenters. The van der Waals surface area contributed by atoms with E-state index in [-0.39, 0.29) is 16.7 Å². The number of para-hydroxylation sites is 1. The van der Waals surface area contributed by atoms with Gasteiger partial charge in [0.25, 0.3) is 5.56 Å². The van der Waals surface area contributed by atoms with Crippen LogP contribution in [-0.2, 0) is 4.79 Å². The van der Waals surface area contributed by atoms with E-state index in [2.05, 4.69) is 10.3 Å². The molecule has 7 heteroatoms. The van der Waals surface area contributed by atoms with Crippen molar-refractivity contribution in [2.45, 2.75) is 36.6 Å². The van der Waals surface area contributed by atoms with Crippen LogP contribution in [0.1, 0.15) is 24.8 Å². The van der Waals surface area contributed by atoms with Crippen LogP contribution >= 0.6 is 11.8 Å². The summed E-state index contributed by atoms with van der Waals surface area (Å²) < 4.78 is 1.53. The molecule has 0 radical (unpaired) electrons. The topological polar surface area (TPSA) is 76.9 Å². The molecule has 4 rings (SSSR count). The molecule has 1 atom stereocenters. The van der Waals surface area contributed by atoms with Gasteiger partial charge in [-0.15, -0.1) is 0 Å². The van der Waals surface area contributed by atoms with Crippen LogP contribution in [0.3, 0.4) is 0 Å². The molecule has 1 aliphatic heterocycles. The van der Waals surface area contributed by atoms with Crippen molar-refractivity contribution in [3.63, 3.8) is 0 Å². The Morgan fingerprint density at radius 1 is 1.19 bits per heavy atom. The number of fused-ring (bicyclic) bond motifs is 1. The lowest BCUT2D eigenvalue weighted by molar-refractivity contribution is -0.120. The SMILES string of the molecule is Cc1ccnc(-n2c(S[C@@H]3CCCCNC3=O)nc3ccccc3c2=O)c1. The third kappa shape index (κ3) is 3.60. The van der Waals surface area contributed by atoms with Crippen molar-refractivity contribution in [2.24, 2.45) is 0 Å². The Morgan fingerprint density at radius 2 is 2.04 bits per heavy atom. The summed E-state index contributed by atoms with van der Waals surface area (Å²) in [5.74, 6) is 0.526. The van der Waals surface area contributed by atoms with Gasteiger partial charge in [-0.05, 0) is 49.6 Å². The van der Waals surface area contributed by atoms with E-state index >= 15 is 0 Å². The van der Waals surface area contributed by atoms with Crippen molar-refractivity contribution >= 4 is 28.6 Å². The van der Waals surface area contributed by atoms with Crippen molar-refractivity contribution in [3.05, 3.63) is 58.5 Å². The van der Waals surface area contributed by atoms with E-state index in [0.717, 1.165) is 24.8 Å². The molecule has 1 N–H and O–H groups in total.